The Morgan fingerprint density at radius 1 is 1.28 bits per heavy atom. The number of nitrogens with zero attached hydrogens (tertiary/aromatic N) is 1. The molecule has 2 heteroatoms. The lowest BCUT2D eigenvalue weighted by Crippen LogP contribution is -2.30. The first-order valence-corrected chi connectivity index (χ1v) is 7.22. The average molecular weight is 246 g/mol. The van der Waals surface area contributed by atoms with Gasteiger partial charge in [0.05, 0.1) is 0 Å². The van der Waals surface area contributed by atoms with Crippen molar-refractivity contribution in [3.63, 3.8) is 0 Å². The zero-order chi connectivity index (χ0) is 13.0. The Labute approximate surface area is 111 Å². The number of aryl methyl sites for hydroxylation is 1. The number of benzene rings is 1. The van der Waals surface area contributed by atoms with Crippen molar-refractivity contribution >= 4 is 0 Å². The van der Waals surface area contributed by atoms with Crippen LogP contribution in [0.1, 0.15) is 43.4 Å². The highest BCUT2D eigenvalue weighted by Gasteiger charge is 2.27. The topological polar surface area (TPSA) is 15.3 Å². The minimum atomic E-state index is 0.485. The standard InChI is InChI=1S/C16H26N2/c1-4-18(15-9-10-15)12-11-16(17-3)14-7-5-13(2)6-8-14/h5-8,15-17H,4,9-12H2,1-3H3. The number of hydrogen-bond donors (Lipinski definition) is 1. The van der Waals surface area contributed by atoms with Crippen molar-refractivity contribution in [2.24, 2.45) is 0 Å². The van der Waals surface area contributed by atoms with Crippen molar-refractivity contribution in [1.82, 2.24) is 10.2 Å². The maximum absolute atomic E-state index is 3.45. The quantitative estimate of drug-likeness (QED) is 0.795. The number of hydrogen-bond acceptors (Lipinski definition) is 2. The minimum absolute atomic E-state index is 0.485. The van der Waals surface area contributed by atoms with Crippen LogP contribution >= 0.6 is 0 Å². The molecule has 1 fully saturated rings. The molecule has 0 aromatic heterocycles. The van der Waals surface area contributed by atoms with Crippen LogP contribution in [0.3, 0.4) is 0 Å². The second-order valence-electron chi connectivity index (χ2n) is 5.40. The molecular weight excluding hydrogens is 220 g/mol. The molecule has 1 saturated carbocycles. The normalized spacial score (nSPS) is 17.1. The molecule has 1 N–H and O–H groups in total. The summed E-state index contributed by atoms with van der Waals surface area (Å²) >= 11 is 0. The van der Waals surface area contributed by atoms with Gasteiger partial charge in [0, 0.05) is 18.6 Å². The van der Waals surface area contributed by atoms with Gasteiger partial charge in [-0.1, -0.05) is 36.8 Å². The molecule has 1 unspecified atom stereocenters. The molecule has 1 aromatic rings. The predicted molar refractivity (Wildman–Crippen MR) is 77.9 cm³/mol. The van der Waals surface area contributed by atoms with Crippen molar-refractivity contribution in [3.05, 3.63) is 35.4 Å². The molecule has 0 aliphatic heterocycles. The first-order valence-electron chi connectivity index (χ1n) is 7.22. The molecule has 1 aliphatic rings. The van der Waals surface area contributed by atoms with E-state index in [1.807, 2.05) is 0 Å². The van der Waals surface area contributed by atoms with Gasteiger partial charge >= 0.3 is 0 Å². The molecule has 18 heavy (non-hydrogen) atoms. The zero-order valence-corrected chi connectivity index (χ0v) is 11.9. The Balaban J connectivity index is 1.90. The Bertz CT molecular complexity index is 354. The minimum Gasteiger partial charge on any atom is -0.313 e. The Morgan fingerprint density at radius 2 is 1.94 bits per heavy atom. The third-order valence-corrected chi connectivity index (χ3v) is 4.00. The summed E-state index contributed by atoms with van der Waals surface area (Å²) in [5, 5.41) is 3.45. The van der Waals surface area contributed by atoms with Crippen molar-refractivity contribution in [2.75, 3.05) is 20.1 Å². The largest absolute Gasteiger partial charge is 0.313 e. The second-order valence-corrected chi connectivity index (χ2v) is 5.40. The average Bonchev–Trinajstić information content (AvgIpc) is 3.21. The van der Waals surface area contributed by atoms with Crippen LogP contribution in [0.25, 0.3) is 0 Å². The summed E-state index contributed by atoms with van der Waals surface area (Å²) in [7, 11) is 2.07. The molecule has 1 atom stereocenters. The number of rotatable bonds is 7. The Hall–Kier alpha value is -0.860. The van der Waals surface area contributed by atoms with Gasteiger partial charge in [-0.05, 0) is 45.3 Å². The third kappa shape index (κ3) is 3.56. The molecular formula is C16H26N2. The molecule has 100 valence electrons. The van der Waals surface area contributed by atoms with Crippen LogP contribution in [0.15, 0.2) is 24.3 Å². The first kappa shape index (κ1) is 13.6. The van der Waals surface area contributed by atoms with Gasteiger partial charge in [0.1, 0.15) is 0 Å². The molecule has 2 nitrogen and oxygen atoms in total. The lowest BCUT2D eigenvalue weighted by molar-refractivity contribution is 0.261. The van der Waals surface area contributed by atoms with E-state index in [9.17, 15) is 0 Å². The van der Waals surface area contributed by atoms with E-state index in [1.54, 1.807) is 0 Å². The van der Waals surface area contributed by atoms with E-state index < -0.39 is 0 Å². The van der Waals surface area contributed by atoms with E-state index in [2.05, 4.69) is 55.4 Å². The monoisotopic (exact) mass is 246 g/mol. The Morgan fingerprint density at radius 3 is 2.44 bits per heavy atom. The molecule has 1 aliphatic carbocycles. The third-order valence-electron chi connectivity index (χ3n) is 4.00. The Kier molecular flexibility index (Phi) is 4.79. The van der Waals surface area contributed by atoms with E-state index in [-0.39, 0.29) is 0 Å². The highest BCUT2D eigenvalue weighted by atomic mass is 15.2. The van der Waals surface area contributed by atoms with E-state index in [0.29, 0.717) is 6.04 Å². The van der Waals surface area contributed by atoms with Crippen LogP contribution in [0.5, 0.6) is 0 Å². The van der Waals surface area contributed by atoms with Crippen molar-refractivity contribution < 1.29 is 0 Å². The summed E-state index contributed by atoms with van der Waals surface area (Å²) in [5.74, 6) is 0. The lowest BCUT2D eigenvalue weighted by Gasteiger charge is -2.24. The molecule has 0 bridgehead atoms. The summed E-state index contributed by atoms with van der Waals surface area (Å²) in [6.07, 6.45) is 4.01. The zero-order valence-electron chi connectivity index (χ0n) is 11.9. The molecule has 0 radical (unpaired) electrons. The van der Waals surface area contributed by atoms with E-state index in [0.717, 1.165) is 6.04 Å². The number of nitrogens with one attached hydrogen (secondary N) is 1. The summed E-state index contributed by atoms with van der Waals surface area (Å²) in [4.78, 5) is 2.62. The highest BCUT2D eigenvalue weighted by Crippen LogP contribution is 2.27. The van der Waals surface area contributed by atoms with Crippen molar-refractivity contribution in [2.45, 2.75) is 45.2 Å². The van der Waals surface area contributed by atoms with E-state index >= 15 is 0 Å². The highest BCUT2D eigenvalue weighted by molar-refractivity contribution is 5.24. The van der Waals surface area contributed by atoms with Crippen LogP contribution in [0, 0.1) is 6.92 Å². The fourth-order valence-electron chi connectivity index (χ4n) is 2.61. The first-order chi connectivity index (χ1) is 8.74. The summed E-state index contributed by atoms with van der Waals surface area (Å²) in [5.41, 5.74) is 2.75. The summed E-state index contributed by atoms with van der Waals surface area (Å²) < 4.78 is 0. The maximum Gasteiger partial charge on any atom is 0.0329 e. The SMILES string of the molecule is CCN(CCC(NC)c1ccc(C)cc1)C1CC1. The van der Waals surface area contributed by atoms with E-state index in [4.69, 9.17) is 0 Å². The predicted octanol–water partition coefficient (Wildman–Crippen LogP) is 3.13. The lowest BCUT2D eigenvalue weighted by atomic mass is 10.0. The van der Waals surface area contributed by atoms with Gasteiger partial charge in [-0.2, -0.15) is 0 Å². The van der Waals surface area contributed by atoms with Gasteiger partial charge in [-0.25, -0.2) is 0 Å². The van der Waals surface area contributed by atoms with Gasteiger partial charge in [0.25, 0.3) is 0 Å². The van der Waals surface area contributed by atoms with Crippen LogP contribution < -0.4 is 5.32 Å². The van der Waals surface area contributed by atoms with Crippen molar-refractivity contribution in [3.8, 4) is 0 Å². The van der Waals surface area contributed by atoms with Gasteiger partial charge in [0.2, 0.25) is 0 Å². The van der Waals surface area contributed by atoms with Crippen molar-refractivity contribution in [1.29, 1.82) is 0 Å². The van der Waals surface area contributed by atoms with Gasteiger partial charge in [-0.3, -0.25) is 0 Å². The van der Waals surface area contributed by atoms with Gasteiger partial charge in [0.15, 0.2) is 0 Å². The maximum atomic E-state index is 3.45. The molecule has 0 spiro atoms. The fraction of sp³-hybridized carbons (Fsp3) is 0.625. The molecule has 1 aromatic carbocycles. The van der Waals surface area contributed by atoms with Crippen LogP contribution in [0.2, 0.25) is 0 Å². The summed E-state index contributed by atoms with van der Waals surface area (Å²) in [6, 6.07) is 10.3. The van der Waals surface area contributed by atoms with Gasteiger partial charge < -0.3 is 10.2 Å². The van der Waals surface area contributed by atoms with E-state index in [1.165, 1.54) is 43.5 Å². The van der Waals surface area contributed by atoms with Gasteiger partial charge in [-0.15, -0.1) is 0 Å². The molecule has 2 rings (SSSR count). The van der Waals surface area contributed by atoms with Crippen LogP contribution in [0.4, 0.5) is 0 Å². The molecule has 0 saturated heterocycles. The van der Waals surface area contributed by atoms with Crippen LogP contribution in [-0.4, -0.2) is 31.1 Å². The fourth-order valence-corrected chi connectivity index (χ4v) is 2.61. The van der Waals surface area contributed by atoms with Crippen LogP contribution in [-0.2, 0) is 0 Å². The molecule has 0 amide bonds. The molecule has 0 heterocycles. The second kappa shape index (κ2) is 6.35. The summed E-state index contributed by atoms with van der Waals surface area (Å²) in [6.45, 7) is 6.82. The smallest absolute Gasteiger partial charge is 0.0329 e.